The van der Waals surface area contributed by atoms with Crippen molar-refractivity contribution in [2.75, 3.05) is 20.8 Å². The first-order valence-electron chi connectivity index (χ1n) is 4.86. The quantitative estimate of drug-likeness (QED) is 0.788. The van der Waals surface area contributed by atoms with Crippen LogP contribution in [0.25, 0.3) is 0 Å². The van der Waals surface area contributed by atoms with E-state index in [4.69, 9.17) is 9.47 Å². The number of ether oxygens (including phenoxy) is 2. The molecule has 0 atom stereocenters. The molecule has 6 heteroatoms. The summed E-state index contributed by atoms with van der Waals surface area (Å²) in [5, 5.41) is 3.60. The average molecular weight is 244 g/mol. The van der Waals surface area contributed by atoms with Crippen molar-refractivity contribution in [2.45, 2.75) is 20.1 Å². The Morgan fingerprint density at radius 2 is 2.06 bits per heavy atom. The molecule has 0 unspecified atom stereocenters. The topological polar surface area (TPSA) is 60.5 Å². The van der Waals surface area contributed by atoms with Gasteiger partial charge < -0.3 is 14.8 Å². The molecule has 0 spiro atoms. The molecule has 0 saturated heterocycles. The number of rotatable bonds is 5. The highest BCUT2D eigenvalue weighted by molar-refractivity contribution is 7.11. The van der Waals surface area contributed by atoms with E-state index in [0.717, 1.165) is 9.88 Å². The van der Waals surface area contributed by atoms with Crippen molar-refractivity contribution < 1.29 is 14.3 Å². The summed E-state index contributed by atoms with van der Waals surface area (Å²) in [5.41, 5.74) is 0.480. The summed E-state index contributed by atoms with van der Waals surface area (Å²) >= 11 is 1.51. The third-order valence-corrected chi connectivity index (χ3v) is 2.96. The van der Waals surface area contributed by atoms with Crippen LogP contribution in [0.2, 0.25) is 0 Å². The summed E-state index contributed by atoms with van der Waals surface area (Å²) in [5.74, 6) is -0.194. The van der Waals surface area contributed by atoms with E-state index in [0.29, 0.717) is 12.2 Å². The van der Waals surface area contributed by atoms with Crippen molar-refractivity contribution in [2.24, 2.45) is 0 Å². The van der Waals surface area contributed by atoms with Crippen LogP contribution in [0.15, 0.2) is 0 Å². The number of carbonyl (C=O) groups excluding carboxylic acids is 1. The number of hydrogen-bond donors (Lipinski definition) is 1. The fraction of sp³-hybridized carbons (Fsp3) is 0.600. The Kier molecular flexibility index (Phi) is 4.85. The molecule has 1 aromatic heterocycles. The summed E-state index contributed by atoms with van der Waals surface area (Å²) in [6.45, 7) is 4.06. The van der Waals surface area contributed by atoms with Crippen LogP contribution in [0.3, 0.4) is 0 Å². The maximum atomic E-state index is 11.7. The van der Waals surface area contributed by atoms with E-state index in [1.807, 2.05) is 13.8 Å². The first kappa shape index (κ1) is 13.1. The summed E-state index contributed by atoms with van der Waals surface area (Å²) in [4.78, 5) is 16.8. The van der Waals surface area contributed by atoms with Gasteiger partial charge in [-0.2, -0.15) is 0 Å². The van der Waals surface area contributed by atoms with E-state index in [1.165, 1.54) is 25.6 Å². The monoisotopic (exact) mass is 244 g/mol. The molecule has 0 aliphatic carbocycles. The van der Waals surface area contributed by atoms with Gasteiger partial charge in [-0.15, -0.1) is 11.3 Å². The maximum Gasteiger partial charge on any atom is 0.271 e. The van der Waals surface area contributed by atoms with Gasteiger partial charge in [0.1, 0.15) is 5.69 Å². The van der Waals surface area contributed by atoms with E-state index in [2.05, 4.69) is 10.3 Å². The highest BCUT2D eigenvalue weighted by atomic mass is 32.1. The first-order chi connectivity index (χ1) is 7.58. The van der Waals surface area contributed by atoms with E-state index in [1.54, 1.807) is 0 Å². The summed E-state index contributed by atoms with van der Waals surface area (Å²) in [7, 11) is 3.05. The van der Waals surface area contributed by atoms with Crippen molar-refractivity contribution in [3.05, 3.63) is 15.6 Å². The van der Waals surface area contributed by atoms with Crippen LogP contribution in [0.1, 0.15) is 20.4 Å². The van der Waals surface area contributed by atoms with Gasteiger partial charge in [-0.1, -0.05) is 0 Å². The first-order valence-corrected chi connectivity index (χ1v) is 5.68. The lowest BCUT2D eigenvalue weighted by atomic mass is 10.3. The number of carbonyl (C=O) groups is 1. The maximum absolute atomic E-state index is 11.7. The van der Waals surface area contributed by atoms with Crippen LogP contribution in [0.5, 0.6) is 0 Å². The Hall–Kier alpha value is -0.980. The van der Waals surface area contributed by atoms with Crippen LogP contribution in [0.4, 0.5) is 0 Å². The van der Waals surface area contributed by atoms with Gasteiger partial charge in [0.05, 0.1) is 11.6 Å². The molecule has 0 bridgehead atoms. The number of nitrogens with zero attached hydrogens (tertiary/aromatic N) is 1. The molecular formula is C10H16N2O3S. The smallest absolute Gasteiger partial charge is 0.271 e. The van der Waals surface area contributed by atoms with Crippen molar-refractivity contribution in [1.82, 2.24) is 10.3 Å². The van der Waals surface area contributed by atoms with Crippen molar-refractivity contribution >= 4 is 17.2 Å². The Morgan fingerprint density at radius 3 is 2.50 bits per heavy atom. The fourth-order valence-corrected chi connectivity index (χ4v) is 2.08. The second-order valence-electron chi connectivity index (χ2n) is 3.25. The Labute approximate surface area is 98.8 Å². The zero-order valence-electron chi connectivity index (χ0n) is 9.86. The van der Waals surface area contributed by atoms with Gasteiger partial charge in [0, 0.05) is 19.1 Å². The Bertz CT molecular complexity index is 361. The number of aromatic nitrogens is 1. The van der Waals surface area contributed by atoms with Crippen molar-refractivity contribution in [3.63, 3.8) is 0 Å². The molecule has 5 nitrogen and oxygen atoms in total. The molecule has 1 heterocycles. The number of thiazole rings is 1. The summed E-state index contributed by atoms with van der Waals surface area (Å²) in [6.07, 6.45) is -0.427. The van der Waals surface area contributed by atoms with E-state index in [-0.39, 0.29) is 5.91 Å². The lowest BCUT2D eigenvalue weighted by molar-refractivity contribution is -0.0974. The summed E-state index contributed by atoms with van der Waals surface area (Å²) < 4.78 is 9.93. The molecule has 0 aliphatic heterocycles. The highest BCUT2D eigenvalue weighted by Crippen LogP contribution is 2.15. The van der Waals surface area contributed by atoms with Crippen molar-refractivity contribution in [3.8, 4) is 0 Å². The molecule has 1 rings (SSSR count). The zero-order chi connectivity index (χ0) is 12.1. The number of methoxy groups -OCH3 is 2. The highest BCUT2D eigenvalue weighted by Gasteiger charge is 2.15. The molecule has 0 fully saturated rings. The van der Waals surface area contributed by atoms with Crippen LogP contribution >= 0.6 is 11.3 Å². The zero-order valence-corrected chi connectivity index (χ0v) is 10.7. The van der Waals surface area contributed by atoms with Gasteiger partial charge in [0.2, 0.25) is 0 Å². The molecular weight excluding hydrogens is 228 g/mol. The van der Waals surface area contributed by atoms with Crippen LogP contribution in [-0.2, 0) is 9.47 Å². The predicted molar refractivity (Wildman–Crippen MR) is 61.7 cm³/mol. The minimum atomic E-state index is -0.427. The molecule has 90 valence electrons. The Morgan fingerprint density at radius 1 is 1.44 bits per heavy atom. The van der Waals surface area contributed by atoms with Gasteiger partial charge in [-0.3, -0.25) is 4.79 Å². The molecule has 0 radical (unpaired) electrons. The number of aryl methyl sites for hydroxylation is 2. The number of amides is 1. The van der Waals surface area contributed by atoms with Crippen LogP contribution in [-0.4, -0.2) is 37.9 Å². The second kappa shape index (κ2) is 5.93. The lowest BCUT2D eigenvalue weighted by Gasteiger charge is -2.13. The second-order valence-corrected chi connectivity index (χ2v) is 4.66. The number of hydrogen-bond acceptors (Lipinski definition) is 5. The fourth-order valence-electron chi connectivity index (χ4n) is 1.26. The number of nitrogens with one attached hydrogen (secondary N) is 1. The molecule has 1 amide bonds. The predicted octanol–water partition coefficient (Wildman–Crippen LogP) is 1.11. The SMILES string of the molecule is COC(CNC(=O)c1nc(C)sc1C)OC. The van der Waals surface area contributed by atoms with E-state index < -0.39 is 6.29 Å². The molecule has 16 heavy (non-hydrogen) atoms. The average Bonchev–Trinajstić information content (AvgIpc) is 2.59. The third-order valence-electron chi connectivity index (χ3n) is 2.07. The standard InChI is InChI=1S/C10H16N2O3S/c1-6-9(12-7(2)16-6)10(13)11-5-8(14-3)15-4/h8H,5H2,1-4H3,(H,11,13). The molecule has 0 aromatic carbocycles. The van der Waals surface area contributed by atoms with E-state index >= 15 is 0 Å². The summed E-state index contributed by atoms with van der Waals surface area (Å²) in [6, 6.07) is 0. The van der Waals surface area contributed by atoms with Gasteiger partial charge in [-0.05, 0) is 13.8 Å². The molecule has 1 aromatic rings. The van der Waals surface area contributed by atoms with Gasteiger partial charge in [-0.25, -0.2) is 4.98 Å². The lowest BCUT2D eigenvalue weighted by Crippen LogP contribution is -2.34. The van der Waals surface area contributed by atoms with Gasteiger partial charge in [0.15, 0.2) is 6.29 Å². The molecule has 1 N–H and O–H groups in total. The van der Waals surface area contributed by atoms with E-state index in [9.17, 15) is 4.79 Å². The minimum absolute atomic E-state index is 0.194. The van der Waals surface area contributed by atoms with Gasteiger partial charge >= 0.3 is 0 Å². The van der Waals surface area contributed by atoms with Crippen LogP contribution < -0.4 is 5.32 Å². The largest absolute Gasteiger partial charge is 0.354 e. The normalized spacial score (nSPS) is 10.8. The molecule has 0 saturated carbocycles. The van der Waals surface area contributed by atoms with Crippen LogP contribution in [0, 0.1) is 13.8 Å². The third kappa shape index (κ3) is 3.26. The van der Waals surface area contributed by atoms with Gasteiger partial charge in [0.25, 0.3) is 5.91 Å². The molecule has 0 aliphatic rings. The Balaban J connectivity index is 2.56. The minimum Gasteiger partial charge on any atom is -0.354 e. The van der Waals surface area contributed by atoms with Crippen molar-refractivity contribution in [1.29, 1.82) is 0 Å².